The Morgan fingerprint density at radius 3 is 2.39 bits per heavy atom. The molecule has 0 aliphatic rings. The number of hydrogen-bond donors (Lipinski definition) is 2. The molecule has 0 aliphatic carbocycles. The molecule has 2 N–H and O–H groups in total. The Bertz CT molecular complexity index is 698. The zero-order valence-electron chi connectivity index (χ0n) is 13.3. The van der Waals surface area contributed by atoms with Crippen LogP contribution in [-0.2, 0) is 16.0 Å². The van der Waals surface area contributed by atoms with Crippen molar-refractivity contribution in [2.24, 2.45) is 0 Å². The molecule has 2 aromatic rings. The Labute approximate surface area is 135 Å². The zero-order chi connectivity index (χ0) is 16.7. The van der Waals surface area contributed by atoms with E-state index in [4.69, 9.17) is 4.74 Å². The van der Waals surface area contributed by atoms with Crippen molar-refractivity contribution in [1.82, 2.24) is 0 Å². The maximum atomic E-state index is 11.9. The van der Waals surface area contributed by atoms with Crippen molar-refractivity contribution in [1.29, 1.82) is 0 Å². The van der Waals surface area contributed by atoms with Crippen LogP contribution < -0.4 is 15.4 Å². The van der Waals surface area contributed by atoms with Crippen LogP contribution >= 0.6 is 0 Å². The number of nitrogens with one attached hydrogen (secondary N) is 2. The van der Waals surface area contributed by atoms with Gasteiger partial charge < -0.3 is 15.4 Å². The van der Waals surface area contributed by atoms with E-state index < -0.39 is 0 Å². The number of aryl methyl sites for hydroxylation is 1. The SMILES string of the molecule is CCc1cccc(NC(=O)COc2cccc(NC(C)=O)c2)c1. The molecule has 0 saturated carbocycles. The van der Waals surface area contributed by atoms with Gasteiger partial charge in [0.1, 0.15) is 5.75 Å². The molecule has 5 heteroatoms. The molecule has 0 fully saturated rings. The third kappa shape index (κ3) is 5.47. The van der Waals surface area contributed by atoms with Gasteiger partial charge in [0.25, 0.3) is 5.91 Å². The van der Waals surface area contributed by atoms with Crippen LogP contribution in [-0.4, -0.2) is 18.4 Å². The van der Waals surface area contributed by atoms with E-state index in [1.165, 1.54) is 6.92 Å². The number of rotatable bonds is 6. The van der Waals surface area contributed by atoms with E-state index in [1.54, 1.807) is 24.3 Å². The van der Waals surface area contributed by atoms with E-state index in [0.717, 1.165) is 17.7 Å². The van der Waals surface area contributed by atoms with Crippen LogP contribution in [0, 0.1) is 0 Å². The first-order valence-electron chi connectivity index (χ1n) is 7.46. The molecule has 2 rings (SSSR count). The lowest BCUT2D eigenvalue weighted by Crippen LogP contribution is -2.20. The third-order valence-electron chi connectivity index (χ3n) is 3.14. The van der Waals surface area contributed by atoms with Crippen LogP contribution in [0.5, 0.6) is 5.75 Å². The molecule has 0 unspecified atom stereocenters. The van der Waals surface area contributed by atoms with Gasteiger partial charge in [0.2, 0.25) is 5.91 Å². The Balaban J connectivity index is 1.90. The summed E-state index contributed by atoms with van der Waals surface area (Å²) >= 11 is 0. The van der Waals surface area contributed by atoms with E-state index in [2.05, 4.69) is 17.6 Å². The van der Waals surface area contributed by atoms with Gasteiger partial charge in [-0.15, -0.1) is 0 Å². The summed E-state index contributed by atoms with van der Waals surface area (Å²) in [6.07, 6.45) is 0.913. The van der Waals surface area contributed by atoms with Crippen molar-refractivity contribution < 1.29 is 14.3 Å². The maximum Gasteiger partial charge on any atom is 0.262 e. The highest BCUT2D eigenvalue weighted by molar-refractivity contribution is 5.92. The highest BCUT2D eigenvalue weighted by Crippen LogP contribution is 2.17. The summed E-state index contributed by atoms with van der Waals surface area (Å²) in [4.78, 5) is 23.0. The van der Waals surface area contributed by atoms with Crippen LogP contribution in [0.15, 0.2) is 48.5 Å². The van der Waals surface area contributed by atoms with Gasteiger partial charge in [-0.2, -0.15) is 0 Å². The summed E-state index contributed by atoms with van der Waals surface area (Å²) in [7, 11) is 0. The molecule has 0 saturated heterocycles. The lowest BCUT2D eigenvalue weighted by atomic mass is 10.1. The number of ether oxygens (including phenoxy) is 1. The number of benzene rings is 2. The Hall–Kier alpha value is -2.82. The van der Waals surface area contributed by atoms with Gasteiger partial charge in [-0.3, -0.25) is 9.59 Å². The fourth-order valence-electron chi connectivity index (χ4n) is 2.08. The smallest absolute Gasteiger partial charge is 0.262 e. The Morgan fingerprint density at radius 2 is 1.70 bits per heavy atom. The van der Waals surface area contributed by atoms with Gasteiger partial charge in [0, 0.05) is 24.4 Å². The lowest BCUT2D eigenvalue weighted by molar-refractivity contribution is -0.118. The van der Waals surface area contributed by atoms with Crippen molar-refractivity contribution in [3.05, 3.63) is 54.1 Å². The average Bonchev–Trinajstić information content (AvgIpc) is 2.53. The topological polar surface area (TPSA) is 67.4 Å². The molecule has 0 atom stereocenters. The molecule has 0 spiro atoms. The molecule has 0 aliphatic heterocycles. The lowest BCUT2D eigenvalue weighted by Gasteiger charge is -2.09. The van der Waals surface area contributed by atoms with Crippen molar-refractivity contribution >= 4 is 23.2 Å². The van der Waals surface area contributed by atoms with E-state index in [1.807, 2.05) is 24.3 Å². The molecule has 0 heterocycles. The first kappa shape index (κ1) is 16.5. The van der Waals surface area contributed by atoms with Crippen LogP contribution in [0.3, 0.4) is 0 Å². The minimum Gasteiger partial charge on any atom is -0.484 e. The van der Waals surface area contributed by atoms with E-state index >= 15 is 0 Å². The molecule has 0 bridgehead atoms. The zero-order valence-corrected chi connectivity index (χ0v) is 13.3. The predicted molar refractivity (Wildman–Crippen MR) is 90.7 cm³/mol. The average molecular weight is 312 g/mol. The van der Waals surface area contributed by atoms with Crippen LogP contribution in [0.25, 0.3) is 0 Å². The van der Waals surface area contributed by atoms with Gasteiger partial charge in [-0.25, -0.2) is 0 Å². The van der Waals surface area contributed by atoms with E-state index in [9.17, 15) is 9.59 Å². The van der Waals surface area contributed by atoms with Crippen molar-refractivity contribution in [3.8, 4) is 5.75 Å². The van der Waals surface area contributed by atoms with Crippen LogP contribution in [0.4, 0.5) is 11.4 Å². The Morgan fingerprint density at radius 1 is 1.00 bits per heavy atom. The molecule has 120 valence electrons. The fourth-order valence-corrected chi connectivity index (χ4v) is 2.08. The summed E-state index contributed by atoms with van der Waals surface area (Å²) in [5.74, 6) is 0.132. The second kappa shape index (κ2) is 7.98. The molecular formula is C18H20N2O3. The Kier molecular flexibility index (Phi) is 5.74. The van der Waals surface area contributed by atoms with Crippen molar-refractivity contribution in [3.63, 3.8) is 0 Å². The summed E-state index contributed by atoms with van der Waals surface area (Å²) in [6, 6.07) is 14.6. The maximum absolute atomic E-state index is 11.9. The fraction of sp³-hybridized carbons (Fsp3) is 0.222. The van der Waals surface area contributed by atoms with Crippen molar-refractivity contribution in [2.45, 2.75) is 20.3 Å². The highest BCUT2D eigenvalue weighted by atomic mass is 16.5. The minimum absolute atomic E-state index is 0.0973. The highest BCUT2D eigenvalue weighted by Gasteiger charge is 2.05. The van der Waals surface area contributed by atoms with E-state index in [-0.39, 0.29) is 18.4 Å². The van der Waals surface area contributed by atoms with Crippen LogP contribution in [0.1, 0.15) is 19.4 Å². The van der Waals surface area contributed by atoms with Gasteiger partial charge in [-0.05, 0) is 36.2 Å². The first-order chi connectivity index (χ1) is 11.1. The summed E-state index contributed by atoms with van der Waals surface area (Å²) < 4.78 is 5.46. The normalized spacial score (nSPS) is 10.0. The van der Waals surface area contributed by atoms with Gasteiger partial charge in [-0.1, -0.05) is 25.1 Å². The molecule has 0 aromatic heterocycles. The number of carbonyl (C=O) groups is 2. The number of anilines is 2. The van der Waals surface area contributed by atoms with Gasteiger partial charge in [0.15, 0.2) is 6.61 Å². The minimum atomic E-state index is -0.233. The summed E-state index contributed by atoms with van der Waals surface area (Å²) in [6.45, 7) is 3.40. The quantitative estimate of drug-likeness (QED) is 0.860. The summed E-state index contributed by atoms with van der Waals surface area (Å²) in [5.41, 5.74) is 2.54. The van der Waals surface area contributed by atoms with Gasteiger partial charge >= 0.3 is 0 Å². The monoisotopic (exact) mass is 312 g/mol. The summed E-state index contributed by atoms with van der Waals surface area (Å²) in [5, 5.41) is 5.47. The van der Waals surface area contributed by atoms with Crippen molar-refractivity contribution in [2.75, 3.05) is 17.2 Å². The van der Waals surface area contributed by atoms with E-state index in [0.29, 0.717) is 11.4 Å². The molecule has 23 heavy (non-hydrogen) atoms. The predicted octanol–water partition coefficient (Wildman–Crippen LogP) is 3.22. The number of carbonyl (C=O) groups excluding carboxylic acids is 2. The third-order valence-corrected chi connectivity index (χ3v) is 3.14. The second-order valence-electron chi connectivity index (χ2n) is 5.10. The first-order valence-corrected chi connectivity index (χ1v) is 7.46. The second-order valence-corrected chi connectivity index (χ2v) is 5.10. The van der Waals surface area contributed by atoms with Gasteiger partial charge in [0.05, 0.1) is 0 Å². The largest absolute Gasteiger partial charge is 0.484 e. The molecule has 0 radical (unpaired) electrons. The molecule has 5 nitrogen and oxygen atoms in total. The number of amides is 2. The molecular weight excluding hydrogens is 292 g/mol. The molecule has 2 aromatic carbocycles. The number of hydrogen-bond acceptors (Lipinski definition) is 3. The molecule has 2 amide bonds. The standard InChI is InChI=1S/C18H20N2O3/c1-3-14-6-4-7-15(10-14)20-18(22)12-23-17-9-5-8-16(11-17)19-13(2)21/h4-11H,3,12H2,1-2H3,(H,19,21)(H,20,22). The van der Waals surface area contributed by atoms with Crippen LogP contribution in [0.2, 0.25) is 0 Å².